The summed E-state index contributed by atoms with van der Waals surface area (Å²) in [6, 6.07) is 8.84. The molecule has 1 N–H and O–H groups in total. The van der Waals surface area contributed by atoms with E-state index in [1.165, 1.54) is 10.9 Å². The number of rotatable bonds is 9. The first kappa shape index (κ1) is 21.4. The van der Waals surface area contributed by atoms with Crippen LogP contribution in [0.2, 0.25) is 5.02 Å². The zero-order valence-corrected chi connectivity index (χ0v) is 18.6. The second kappa shape index (κ2) is 9.98. The summed E-state index contributed by atoms with van der Waals surface area (Å²) >= 11 is 7.99. The number of halogens is 2. The zero-order chi connectivity index (χ0) is 21.6. The first-order valence-corrected chi connectivity index (χ1v) is 11.4. The lowest BCUT2D eigenvalue weighted by atomic mass is 10.1. The Morgan fingerprint density at radius 3 is 2.90 bits per heavy atom. The van der Waals surface area contributed by atoms with Crippen LogP contribution in [0.5, 0.6) is 0 Å². The normalized spacial score (nSPS) is 11.9. The molecule has 0 aliphatic carbocycles. The second-order valence-corrected chi connectivity index (χ2v) is 8.59. The zero-order valence-electron chi connectivity index (χ0n) is 17.1. The molecule has 0 fully saturated rings. The van der Waals surface area contributed by atoms with Crippen molar-refractivity contribution >= 4 is 34.6 Å². The van der Waals surface area contributed by atoms with Gasteiger partial charge < -0.3 is 4.57 Å². The second-order valence-electron chi connectivity index (χ2n) is 7.15. The van der Waals surface area contributed by atoms with E-state index in [1.54, 1.807) is 23.5 Å². The maximum atomic E-state index is 14.5. The summed E-state index contributed by atoms with van der Waals surface area (Å²) in [6.45, 7) is 2.44. The number of hydrogen-bond acceptors (Lipinski definition) is 5. The Hall–Kier alpha value is -2.84. The van der Waals surface area contributed by atoms with Gasteiger partial charge in [0.2, 0.25) is 5.82 Å². The van der Waals surface area contributed by atoms with Gasteiger partial charge in [0.1, 0.15) is 11.6 Å². The van der Waals surface area contributed by atoms with Crippen molar-refractivity contribution in [3.05, 3.63) is 80.5 Å². The number of allylic oxidation sites excluding steroid dienone is 1. The number of aromatic nitrogens is 6. The van der Waals surface area contributed by atoms with Gasteiger partial charge in [0.15, 0.2) is 0 Å². The SMILES string of the molecule is CCCCc1ncc(/C=C(/Cc2cccs2)c2nn[nH]n2)n1Cc1c(F)cccc1Cl. The highest BCUT2D eigenvalue weighted by atomic mass is 35.5. The number of H-pyrrole nitrogens is 1. The molecule has 9 heteroatoms. The molecule has 0 saturated heterocycles. The highest BCUT2D eigenvalue weighted by molar-refractivity contribution is 7.10. The maximum absolute atomic E-state index is 14.5. The summed E-state index contributed by atoms with van der Waals surface area (Å²) in [5, 5.41) is 17.0. The average molecular weight is 457 g/mol. The van der Waals surface area contributed by atoms with Gasteiger partial charge in [-0.25, -0.2) is 9.37 Å². The van der Waals surface area contributed by atoms with Crippen LogP contribution in [0.1, 0.15) is 47.5 Å². The number of aryl methyl sites for hydroxylation is 1. The average Bonchev–Trinajstić information content (AvgIpc) is 3.52. The van der Waals surface area contributed by atoms with Crippen LogP contribution in [0, 0.1) is 5.82 Å². The van der Waals surface area contributed by atoms with Crippen molar-refractivity contribution in [3.63, 3.8) is 0 Å². The number of nitrogens with zero attached hydrogens (tertiary/aromatic N) is 5. The molecule has 0 radical (unpaired) electrons. The van der Waals surface area contributed by atoms with E-state index < -0.39 is 0 Å². The van der Waals surface area contributed by atoms with Crippen LogP contribution < -0.4 is 0 Å². The number of imidazole rings is 1. The third-order valence-corrected chi connectivity index (χ3v) is 6.23. The number of nitrogens with one attached hydrogen (secondary N) is 1. The lowest BCUT2D eigenvalue weighted by Gasteiger charge is -2.13. The van der Waals surface area contributed by atoms with Crippen LogP contribution in [0.4, 0.5) is 4.39 Å². The van der Waals surface area contributed by atoms with Gasteiger partial charge in [0, 0.05) is 33.9 Å². The van der Waals surface area contributed by atoms with Crippen molar-refractivity contribution in [1.82, 2.24) is 30.2 Å². The maximum Gasteiger partial charge on any atom is 0.201 e. The van der Waals surface area contributed by atoms with Crippen molar-refractivity contribution in [2.45, 2.75) is 39.2 Å². The van der Waals surface area contributed by atoms with Crippen molar-refractivity contribution < 1.29 is 4.39 Å². The van der Waals surface area contributed by atoms with E-state index in [4.69, 9.17) is 11.6 Å². The summed E-state index contributed by atoms with van der Waals surface area (Å²) in [6.07, 6.45) is 7.32. The molecule has 3 heterocycles. The van der Waals surface area contributed by atoms with E-state index in [0.29, 0.717) is 29.4 Å². The third-order valence-electron chi connectivity index (χ3n) is 5.00. The van der Waals surface area contributed by atoms with Crippen LogP contribution in [-0.4, -0.2) is 30.2 Å². The van der Waals surface area contributed by atoms with E-state index in [1.807, 2.05) is 28.3 Å². The molecule has 0 spiro atoms. The van der Waals surface area contributed by atoms with Gasteiger partial charge in [-0.05, 0) is 41.3 Å². The van der Waals surface area contributed by atoms with E-state index in [2.05, 4.69) is 38.6 Å². The standard InChI is InChI=1S/C22H22ClFN6S/c1-2-3-9-21-25-13-16(30(21)14-18-19(23)7-4-8-20(18)24)11-15(22-26-28-29-27-22)12-17-6-5-10-31-17/h4-8,10-11,13H,2-3,9,12,14H2,1H3,(H,26,27,28,29)/b15-11-. The fraction of sp³-hybridized carbons (Fsp3) is 0.273. The smallest absolute Gasteiger partial charge is 0.201 e. The van der Waals surface area contributed by atoms with E-state index in [-0.39, 0.29) is 5.82 Å². The Kier molecular flexibility index (Phi) is 6.89. The van der Waals surface area contributed by atoms with E-state index >= 15 is 0 Å². The summed E-state index contributed by atoms with van der Waals surface area (Å²) in [5.41, 5.74) is 2.20. The van der Waals surface area contributed by atoms with Crippen LogP contribution in [0.25, 0.3) is 11.6 Å². The summed E-state index contributed by atoms with van der Waals surface area (Å²) in [7, 11) is 0. The van der Waals surface area contributed by atoms with E-state index in [9.17, 15) is 4.39 Å². The molecule has 0 unspecified atom stereocenters. The van der Waals surface area contributed by atoms with Crippen molar-refractivity contribution in [2.75, 3.05) is 0 Å². The molecule has 31 heavy (non-hydrogen) atoms. The third kappa shape index (κ3) is 5.08. The minimum Gasteiger partial charge on any atom is -0.324 e. The molecule has 160 valence electrons. The van der Waals surface area contributed by atoms with Crippen LogP contribution in [0.15, 0.2) is 41.9 Å². The molecule has 0 aliphatic heterocycles. The number of benzene rings is 1. The van der Waals surface area contributed by atoms with Gasteiger partial charge in [-0.3, -0.25) is 0 Å². The monoisotopic (exact) mass is 456 g/mol. The Morgan fingerprint density at radius 1 is 1.29 bits per heavy atom. The molecular formula is C22H22ClFN6S. The highest BCUT2D eigenvalue weighted by Crippen LogP contribution is 2.26. The Labute approximate surface area is 188 Å². The van der Waals surface area contributed by atoms with E-state index in [0.717, 1.165) is 36.4 Å². The molecule has 0 amide bonds. The number of unbranched alkanes of at least 4 members (excludes halogenated alkanes) is 1. The van der Waals surface area contributed by atoms with Gasteiger partial charge in [-0.15, -0.1) is 21.5 Å². The van der Waals surface area contributed by atoms with Crippen molar-refractivity contribution in [1.29, 1.82) is 0 Å². The van der Waals surface area contributed by atoms with Gasteiger partial charge in [-0.1, -0.05) is 37.1 Å². The summed E-state index contributed by atoms with van der Waals surface area (Å²) in [4.78, 5) is 5.82. The number of aromatic amines is 1. The molecule has 1 aromatic carbocycles. The minimum absolute atomic E-state index is 0.301. The lowest BCUT2D eigenvalue weighted by Crippen LogP contribution is -2.09. The molecule has 4 rings (SSSR count). The molecule has 4 aromatic rings. The van der Waals surface area contributed by atoms with Crippen molar-refractivity contribution in [2.24, 2.45) is 0 Å². The van der Waals surface area contributed by atoms with Crippen molar-refractivity contribution in [3.8, 4) is 0 Å². The van der Waals surface area contributed by atoms with Gasteiger partial charge in [-0.2, -0.15) is 5.21 Å². The Balaban J connectivity index is 1.76. The lowest BCUT2D eigenvalue weighted by molar-refractivity contribution is 0.590. The fourth-order valence-corrected chi connectivity index (χ4v) is 4.33. The van der Waals surface area contributed by atoms with Crippen LogP contribution in [0.3, 0.4) is 0 Å². The first-order valence-electron chi connectivity index (χ1n) is 10.1. The quantitative estimate of drug-likeness (QED) is 0.364. The topological polar surface area (TPSA) is 72.3 Å². The van der Waals surface area contributed by atoms with Crippen LogP contribution >= 0.6 is 22.9 Å². The molecule has 0 saturated carbocycles. The van der Waals surface area contributed by atoms with Gasteiger partial charge in [0.25, 0.3) is 0 Å². The minimum atomic E-state index is -0.324. The van der Waals surface area contributed by atoms with Gasteiger partial charge in [0.05, 0.1) is 18.4 Å². The molecule has 0 atom stereocenters. The predicted molar refractivity (Wildman–Crippen MR) is 121 cm³/mol. The number of thiophene rings is 1. The summed E-state index contributed by atoms with van der Waals surface area (Å²) in [5.74, 6) is 1.10. The Bertz CT molecular complexity index is 1130. The highest BCUT2D eigenvalue weighted by Gasteiger charge is 2.16. The van der Waals surface area contributed by atoms with Gasteiger partial charge >= 0.3 is 0 Å². The number of tetrazole rings is 1. The molecule has 0 aliphatic rings. The summed E-state index contributed by atoms with van der Waals surface area (Å²) < 4.78 is 16.6. The number of hydrogen-bond donors (Lipinski definition) is 1. The molecule has 6 nitrogen and oxygen atoms in total. The predicted octanol–water partition coefficient (Wildman–Crippen LogP) is 5.42. The Morgan fingerprint density at radius 2 is 2.19 bits per heavy atom. The molecular weight excluding hydrogens is 435 g/mol. The fourth-order valence-electron chi connectivity index (χ4n) is 3.37. The van der Waals surface area contributed by atoms with Crippen LogP contribution in [-0.2, 0) is 19.4 Å². The molecule has 3 aromatic heterocycles. The first-order chi connectivity index (χ1) is 15.2. The largest absolute Gasteiger partial charge is 0.324 e. The molecule has 0 bridgehead atoms.